The molecule has 15 heavy (non-hydrogen) atoms. The van der Waals surface area contributed by atoms with Gasteiger partial charge in [-0.2, -0.15) is 0 Å². The van der Waals surface area contributed by atoms with Crippen LogP contribution in [0.25, 0.3) is 0 Å². The van der Waals surface area contributed by atoms with Crippen LogP contribution in [-0.2, 0) is 9.53 Å². The van der Waals surface area contributed by atoms with E-state index < -0.39 is 0 Å². The normalized spacial score (nSPS) is 19.5. The third-order valence-electron chi connectivity index (χ3n) is 2.44. The minimum atomic E-state index is -0.256. The molecule has 2 rings (SSSR count). The third kappa shape index (κ3) is 2.38. The van der Waals surface area contributed by atoms with Gasteiger partial charge in [-0.05, 0) is 30.7 Å². The summed E-state index contributed by atoms with van der Waals surface area (Å²) < 4.78 is 6.12. The lowest BCUT2D eigenvalue weighted by Crippen LogP contribution is -2.39. The zero-order valence-electron chi connectivity index (χ0n) is 8.42. The number of hydrogen-bond acceptors (Lipinski definition) is 2. The second-order valence-electron chi connectivity index (χ2n) is 3.60. The average Bonchev–Trinajstić information content (AvgIpc) is 2.07. The summed E-state index contributed by atoms with van der Waals surface area (Å²) in [6, 6.07) is 5.76. The van der Waals surface area contributed by atoms with Crippen molar-refractivity contribution in [3.63, 3.8) is 0 Å². The van der Waals surface area contributed by atoms with Gasteiger partial charge in [-0.25, -0.2) is 0 Å². The van der Waals surface area contributed by atoms with E-state index >= 15 is 0 Å². The predicted octanol–water partition coefficient (Wildman–Crippen LogP) is 2.48. The lowest BCUT2D eigenvalue weighted by Gasteiger charge is -2.25. The molecule has 1 heterocycles. The Bertz CT molecular complexity index is 388. The smallest absolute Gasteiger partial charge is 0.253 e. The van der Waals surface area contributed by atoms with Gasteiger partial charge in [-0.3, -0.25) is 4.79 Å². The van der Waals surface area contributed by atoms with E-state index in [1.807, 2.05) is 25.1 Å². The minimum Gasteiger partial charge on any atom is -0.368 e. The summed E-state index contributed by atoms with van der Waals surface area (Å²) in [5.74, 6) is -0.0494. The molecular weight excluding hydrogens is 258 g/mol. The summed E-state index contributed by atoms with van der Waals surface area (Å²) in [4.78, 5) is 11.6. The number of aryl methyl sites for hydroxylation is 1. The standard InChI is InChI=1S/C11H12BrNO2/c1-7-6-8(12)2-3-9(7)13-11(14)10-4-5-15-10/h2-3,6,10H,4-5H2,1H3,(H,13,14). The Labute approximate surface area is 96.9 Å². The summed E-state index contributed by atoms with van der Waals surface area (Å²) in [7, 11) is 0. The molecule has 0 bridgehead atoms. The highest BCUT2D eigenvalue weighted by Gasteiger charge is 2.26. The van der Waals surface area contributed by atoms with Crippen molar-refractivity contribution >= 4 is 27.5 Å². The van der Waals surface area contributed by atoms with E-state index in [9.17, 15) is 4.79 Å². The number of nitrogens with one attached hydrogen (secondary N) is 1. The second kappa shape index (κ2) is 4.33. The van der Waals surface area contributed by atoms with Gasteiger partial charge in [-0.15, -0.1) is 0 Å². The highest BCUT2D eigenvalue weighted by molar-refractivity contribution is 9.10. The Morgan fingerprint density at radius 1 is 1.60 bits per heavy atom. The topological polar surface area (TPSA) is 38.3 Å². The maximum atomic E-state index is 11.6. The molecule has 1 aliphatic rings. The number of rotatable bonds is 2. The molecule has 0 aliphatic carbocycles. The van der Waals surface area contributed by atoms with Crippen LogP contribution in [0.4, 0.5) is 5.69 Å². The average molecular weight is 270 g/mol. The Kier molecular flexibility index (Phi) is 3.07. The fourth-order valence-corrected chi connectivity index (χ4v) is 1.90. The van der Waals surface area contributed by atoms with Crippen LogP contribution in [-0.4, -0.2) is 18.6 Å². The summed E-state index contributed by atoms with van der Waals surface area (Å²) in [5, 5.41) is 2.85. The van der Waals surface area contributed by atoms with E-state index in [1.165, 1.54) is 0 Å². The van der Waals surface area contributed by atoms with Crippen LogP contribution in [0.3, 0.4) is 0 Å². The number of halogens is 1. The first-order valence-corrected chi connectivity index (χ1v) is 5.65. The number of amides is 1. The van der Waals surface area contributed by atoms with Gasteiger partial charge in [0.05, 0.1) is 6.61 Å². The van der Waals surface area contributed by atoms with Crippen molar-refractivity contribution < 1.29 is 9.53 Å². The van der Waals surface area contributed by atoms with Crippen LogP contribution in [0.15, 0.2) is 22.7 Å². The molecule has 80 valence electrons. The highest BCUT2D eigenvalue weighted by atomic mass is 79.9. The third-order valence-corrected chi connectivity index (χ3v) is 2.93. The molecule has 1 atom stereocenters. The van der Waals surface area contributed by atoms with Crippen molar-refractivity contribution in [1.82, 2.24) is 0 Å². The minimum absolute atomic E-state index is 0.0494. The predicted molar refractivity (Wildman–Crippen MR) is 61.9 cm³/mol. The van der Waals surface area contributed by atoms with E-state index in [2.05, 4.69) is 21.2 Å². The lowest BCUT2D eigenvalue weighted by molar-refractivity contribution is -0.139. The number of carbonyl (C=O) groups excluding carboxylic acids is 1. The van der Waals surface area contributed by atoms with Crippen LogP contribution in [0, 0.1) is 6.92 Å². The SMILES string of the molecule is Cc1cc(Br)ccc1NC(=O)C1CCO1. The first-order chi connectivity index (χ1) is 7.16. The molecule has 1 N–H and O–H groups in total. The van der Waals surface area contributed by atoms with E-state index in [4.69, 9.17) is 4.74 Å². The van der Waals surface area contributed by atoms with Crippen molar-refractivity contribution in [2.24, 2.45) is 0 Å². The highest BCUT2D eigenvalue weighted by Crippen LogP contribution is 2.21. The first kappa shape index (κ1) is 10.6. The summed E-state index contributed by atoms with van der Waals surface area (Å²) in [6.45, 7) is 2.65. The number of anilines is 1. The number of ether oxygens (including phenoxy) is 1. The van der Waals surface area contributed by atoms with Crippen LogP contribution >= 0.6 is 15.9 Å². The molecule has 0 saturated carbocycles. The van der Waals surface area contributed by atoms with Crippen LogP contribution in [0.2, 0.25) is 0 Å². The molecule has 1 aromatic rings. The van der Waals surface area contributed by atoms with Crippen LogP contribution in [0.5, 0.6) is 0 Å². The fraction of sp³-hybridized carbons (Fsp3) is 0.364. The Hall–Kier alpha value is -0.870. The van der Waals surface area contributed by atoms with Gasteiger partial charge < -0.3 is 10.1 Å². The van der Waals surface area contributed by atoms with Gasteiger partial charge in [0, 0.05) is 16.6 Å². The summed E-state index contributed by atoms with van der Waals surface area (Å²) >= 11 is 3.38. The van der Waals surface area contributed by atoms with Gasteiger partial charge in [-0.1, -0.05) is 15.9 Å². The molecule has 1 saturated heterocycles. The van der Waals surface area contributed by atoms with Crippen molar-refractivity contribution in [3.05, 3.63) is 28.2 Å². The number of benzene rings is 1. The first-order valence-electron chi connectivity index (χ1n) is 4.85. The van der Waals surface area contributed by atoms with Crippen LogP contribution < -0.4 is 5.32 Å². The molecule has 1 aliphatic heterocycles. The fourth-order valence-electron chi connectivity index (χ4n) is 1.42. The Morgan fingerprint density at radius 2 is 2.33 bits per heavy atom. The van der Waals surface area contributed by atoms with Crippen molar-refractivity contribution in [1.29, 1.82) is 0 Å². The quantitative estimate of drug-likeness (QED) is 0.896. The van der Waals surface area contributed by atoms with E-state index in [-0.39, 0.29) is 12.0 Å². The van der Waals surface area contributed by atoms with Gasteiger partial charge in [0.25, 0.3) is 5.91 Å². The Morgan fingerprint density at radius 3 is 2.87 bits per heavy atom. The van der Waals surface area contributed by atoms with Gasteiger partial charge in [0.2, 0.25) is 0 Å². The summed E-state index contributed by atoms with van der Waals surface area (Å²) in [6.07, 6.45) is 0.564. The zero-order valence-corrected chi connectivity index (χ0v) is 10.0. The monoisotopic (exact) mass is 269 g/mol. The molecule has 1 aromatic carbocycles. The lowest BCUT2D eigenvalue weighted by atomic mass is 10.1. The second-order valence-corrected chi connectivity index (χ2v) is 4.51. The molecule has 1 unspecified atom stereocenters. The molecule has 1 fully saturated rings. The molecule has 0 spiro atoms. The van der Waals surface area contributed by atoms with E-state index in [1.54, 1.807) is 0 Å². The number of hydrogen-bond donors (Lipinski definition) is 1. The Balaban J connectivity index is 2.06. The zero-order chi connectivity index (χ0) is 10.8. The maximum Gasteiger partial charge on any atom is 0.253 e. The van der Waals surface area contributed by atoms with Crippen molar-refractivity contribution in [2.45, 2.75) is 19.4 Å². The van der Waals surface area contributed by atoms with E-state index in [0.29, 0.717) is 6.61 Å². The largest absolute Gasteiger partial charge is 0.368 e. The molecule has 1 amide bonds. The van der Waals surface area contributed by atoms with Crippen LogP contribution in [0.1, 0.15) is 12.0 Å². The number of carbonyl (C=O) groups is 1. The van der Waals surface area contributed by atoms with Crippen molar-refractivity contribution in [2.75, 3.05) is 11.9 Å². The maximum absolute atomic E-state index is 11.6. The molecule has 4 heteroatoms. The molecule has 3 nitrogen and oxygen atoms in total. The van der Waals surface area contributed by atoms with Crippen molar-refractivity contribution in [3.8, 4) is 0 Å². The van der Waals surface area contributed by atoms with E-state index in [0.717, 1.165) is 22.1 Å². The molecular formula is C11H12BrNO2. The van der Waals surface area contributed by atoms with Gasteiger partial charge in [0.1, 0.15) is 6.10 Å². The molecule has 0 aromatic heterocycles. The van der Waals surface area contributed by atoms with Gasteiger partial charge in [0.15, 0.2) is 0 Å². The van der Waals surface area contributed by atoms with Gasteiger partial charge >= 0.3 is 0 Å². The molecule has 0 radical (unpaired) electrons. The summed E-state index contributed by atoms with van der Waals surface area (Å²) in [5.41, 5.74) is 1.88.